The highest BCUT2D eigenvalue weighted by atomic mass is 32.1. The SMILES string of the molecule is CCC(=O)Oc1cc2c(s1)C=Cc1ccccc1C2=C1CCNCC1. The maximum Gasteiger partial charge on any atom is 0.311 e. The second kappa shape index (κ2) is 6.98. The molecule has 0 bridgehead atoms. The van der Waals surface area contributed by atoms with Crippen LogP contribution in [0.25, 0.3) is 17.7 Å². The van der Waals surface area contributed by atoms with Gasteiger partial charge in [-0.15, -0.1) is 0 Å². The van der Waals surface area contributed by atoms with Crippen molar-refractivity contribution in [3.63, 3.8) is 0 Å². The van der Waals surface area contributed by atoms with E-state index in [4.69, 9.17) is 4.74 Å². The first-order valence-corrected chi connectivity index (χ1v) is 9.63. The Kier molecular flexibility index (Phi) is 4.55. The van der Waals surface area contributed by atoms with Crippen molar-refractivity contribution in [1.82, 2.24) is 5.32 Å². The van der Waals surface area contributed by atoms with E-state index in [1.165, 1.54) is 27.8 Å². The van der Waals surface area contributed by atoms with Crippen molar-refractivity contribution in [2.75, 3.05) is 13.1 Å². The van der Waals surface area contributed by atoms with Crippen LogP contribution in [0.2, 0.25) is 0 Å². The Balaban J connectivity index is 1.87. The minimum atomic E-state index is -0.183. The van der Waals surface area contributed by atoms with Crippen LogP contribution >= 0.6 is 11.3 Å². The Bertz CT molecular complexity index is 868. The quantitative estimate of drug-likeness (QED) is 0.678. The fourth-order valence-corrected chi connectivity index (χ4v) is 4.41. The van der Waals surface area contributed by atoms with Gasteiger partial charge < -0.3 is 10.1 Å². The molecule has 1 aliphatic carbocycles. The summed E-state index contributed by atoms with van der Waals surface area (Å²) in [5.41, 5.74) is 6.54. The smallest absolute Gasteiger partial charge is 0.311 e. The molecule has 0 spiro atoms. The van der Waals surface area contributed by atoms with E-state index in [9.17, 15) is 4.79 Å². The van der Waals surface area contributed by atoms with E-state index in [2.05, 4.69) is 41.7 Å². The zero-order chi connectivity index (χ0) is 17.2. The largest absolute Gasteiger partial charge is 0.415 e. The Morgan fingerprint density at radius 1 is 1.16 bits per heavy atom. The van der Waals surface area contributed by atoms with Gasteiger partial charge in [0.15, 0.2) is 5.06 Å². The molecule has 3 nitrogen and oxygen atoms in total. The molecule has 0 saturated carbocycles. The number of esters is 1. The van der Waals surface area contributed by atoms with E-state index < -0.39 is 0 Å². The number of nitrogens with one attached hydrogen (secondary N) is 1. The molecule has 1 N–H and O–H groups in total. The maximum atomic E-state index is 11.7. The van der Waals surface area contributed by atoms with Crippen molar-refractivity contribution in [2.24, 2.45) is 0 Å². The number of fused-ring (bicyclic) bond motifs is 2. The van der Waals surface area contributed by atoms with Crippen molar-refractivity contribution < 1.29 is 9.53 Å². The highest BCUT2D eigenvalue weighted by Gasteiger charge is 2.23. The fourth-order valence-electron chi connectivity index (χ4n) is 3.48. The summed E-state index contributed by atoms with van der Waals surface area (Å²) in [6, 6.07) is 10.6. The summed E-state index contributed by atoms with van der Waals surface area (Å²) in [6.07, 6.45) is 6.83. The summed E-state index contributed by atoms with van der Waals surface area (Å²) < 4.78 is 5.49. The van der Waals surface area contributed by atoms with E-state index in [-0.39, 0.29) is 5.97 Å². The lowest BCUT2D eigenvalue weighted by Crippen LogP contribution is -2.23. The zero-order valence-electron chi connectivity index (χ0n) is 14.3. The van der Waals surface area contributed by atoms with Crippen LogP contribution < -0.4 is 10.1 Å². The third-order valence-electron chi connectivity index (χ3n) is 4.72. The molecular formula is C21H21NO2S. The van der Waals surface area contributed by atoms with E-state index in [0.717, 1.165) is 30.8 Å². The van der Waals surface area contributed by atoms with Gasteiger partial charge in [-0.3, -0.25) is 4.79 Å². The summed E-state index contributed by atoms with van der Waals surface area (Å²) in [4.78, 5) is 12.9. The summed E-state index contributed by atoms with van der Waals surface area (Å²) in [5, 5.41) is 4.13. The molecule has 0 atom stereocenters. The first kappa shape index (κ1) is 16.3. The van der Waals surface area contributed by atoms with Crippen LogP contribution in [0.15, 0.2) is 35.9 Å². The molecule has 0 amide bonds. The number of benzene rings is 1. The third-order valence-corrected chi connectivity index (χ3v) is 5.69. The van der Waals surface area contributed by atoms with E-state index in [0.29, 0.717) is 11.5 Å². The second-order valence-electron chi connectivity index (χ2n) is 6.32. The molecule has 4 heteroatoms. The van der Waals surface area contributed by atoms with Gasteiger partial charge >= 0.3 is 5.97 Å². The summed E-state index contributed by atoms with van der Waals surface area (Å²) in [7, 11) is 0. The standard InChI is InChI=1S/C21H21NO2S/c1-2-19(23)24-20-13-17-18(25-20)8-7-14-5-3-4-6-16(14)21(17)15-9-11-22-12-10-15/h3-8,13,22H,2,9-12H2,1H3. The van der Waals surface area contributed by atoms with Crippen LogP contribution in [0.3, 0.4) is 0 Å². The Morgan fingerprint density at radius 3 is 2.76 bits per heavy atom. The first-order chi connectivity index (χ1) is 12.3. The molecule has 2 heterocycles. The number of piperidine rings is 1. The van der Waals surface area contributed by atoms with Gasteiger partial charge in [-0.2, -0.15) is 0 Å². The van der Waals surface area contributed by atoms with Gasteiger partial charge in [-0.1, -0.05) is 54.2 Å². The lowest BCUT2D eigenvalue weighted by atomic mass is 9.88. The van der Waals surface area contributed by atoms with Crippen molar-refractivity contribution in [3.05, 3.63) is 57.5 Å². The molecule has 2 aromatic rings. The highest BCUT2D eigenvalue weighted by Crippen LogP contribution is 2.43. The molecule has 128 valence electrons. The van der Waals surface area contributed by atoms with Gasteiger partial charge in [0.05, 0.1) is 0 Å². The van der Waals surface area contributed by atoms with Gasteiger partial charge in [0.25, 0.3) is 0 Å². The number of hydrogen-bond donors (Lipinski definition) is 1. The second-order valence-corrected chi connectivity index (χ2v) is 7.37. The van der Waals surface area contributed by atoms with Crippen LogP contribution in [0.1, 0.15) is 47.8 Å². The van der Waals surface area contributed by atoms with Crippen LogP contribution in [0, 0.1) is 0 Å². The Hall–Kier alpha value is -2.17. The van der Waals surface area contributed by atoms with Crippen molar-refractivity contribution in [2.45, 2.75) is 26.2 Å². The summed E-state index contributed by atoms with van der Waals surface area (Å²) >= 11 is 1.55. The van der Waals surface area contributed by atoms with Crippen LogP contribution in [0.4, 0.5) is 0 Å². The van der Waals surface area contributed by atoms with E-state index in [1.54, 1.807) is 11.3 Å². The average molecular weight is 351 g/mol. The van der Waals surface area contributed by atoms with E-state index >= 15 is 0 Å². The third kappa shape index (κ3) is 3.20. The summed E-state index contributed by atoms with van der Waals surface area (Å²) in [6.45, 7) is 3.86. The molecule has 1 saturated heterocycles. The number of thiophene rings is 1. The van der Waals surface area contributed by atoms with Gasteiger partial charge in [-0.25, -0.2) is 0 Å². The van der Waals surface area contributed by atoms with Gasteiger partial charge in [0.1, 0.15) is 0 Å². The lowest BCUT2D eigenvalue weighted by Gasteiger charge is -2.21. The number of carbonyl (C=O) groups excluding carboxylic acids is 1. The zero-order valence-corrected chi connectivity index (χ0v) is 15.1. The molecule has 0 radical (unpaired) electrons. The number of hydrogen-bond acceptors (Lipinski definition) is 4. The van der Waals surface area contributed by atoms with Crippen molar-refractivity contribution in [1.29, 1.82) is 0 Å². The topological polar surface area (TPSA) is 38.3 Å². The number of carbonyl (C=O) groups is 1. The Labute approximate surface area is 152 Å². The molecule has 25 heavy (non-hydrogen) atoms. The molecule has 1 aromatic heterocycles. The predicted octanol–water partition coefficient (Wildman–Crippen LogP) is 4.73. The fraction of sp³-hybridized carbons (Fsp3) is 0.286. The molecule has 1 fully saturated rings. The molecule has 1 aliphatic heterocycles. The number of ether oxygens (including phenoxy) is 1. The predicted molar refractivity (Wildman–Crippen MR) is 104 cm³/mol. The van der Waals surface area contributed by atoms with Crippen molar-refractivity contribution in [3.8, 4) is 5.06 Å². The molecular weight excluding hydrogens is 330 g/mol. The normalized spacial score (nSPS) is 16.2. The van der Waals surface area contributed by atoms with Crippen LogP contribution in [-0.4, -0.2) is 19.1 Å². The molecule has 1 aromatic carbocycles. The van der Waals surface area contributed by atoms with Gasteiger partial charge in [0.2, 0.25) is 0 Å². The van der Waals surface area contributed by atoms with Crippen LogP contribution in [0.5, 0.6) is 5.06 Å². The molecule has 2 aliphatic rings. The van der Waals surface area contributed by atoms with Gasteiger partial charge in [0, 0.05) is 22.9 Å². The van der Waals surface area contributed by atoms with Crippen LogP contribution in [-0.2, 0) is 4.79 Å². The lowest BCUT2D eigenvalue weighted by molar-refractivity contribution is -0.133. The maximum absolute atomic E-state index is 11.7. The number of rotatable bonds is 2. The summed E-state index contributed by atoms with van der Waals surface area (Å²) in [5.74, 6) is -0.183. The molecule has 0 unspecified atom stereocenters. The highest BCUT2D eigenvalue weighted by molar-refractivity contribution is 7.15. The first-order valence-electron chi connectivity index (χ1n) is 8.81. The average Bonchev–Trinajstić information content (AvgIpc) is 2.97. The Morgan fingerprint density at radius 2 is 1.96 bits per heavy atom. The minimum Gasteiger partial charge on any atom is -0.415 e. The van der Waals surface area contributed by atoms with E-state index in [1.807, 2.05) is 13.0 Å². The monoisotopic (exact) mass is 351 g/mol. The van der Waals surface area contributed by atoms with Gasteiger partial charge in [-0.05, 0) is 48.7 Å². The minimum absolute atomic E-state index is 0.183. The van der Waals surface area contributed by atoms with Crippen molar-refractivity contribution >= 4 is 35.0 Å². The molecule has 4 rings (SSSR count).